The van der Waals surface area contributed by atoms with Gasteiger partial charge in [0.2, 0.25) is 11.5 Å². The molecule has 1 heterocycles. The third-order valence-corrected chi connectivity index (χ3v) is 5.46. The van der Waals surface area contributed by atoms with Crippen LogP contribution in [0.2, 0.25) is 0 Å². The molecular formula is C23H23NO3. The highest BCUT2D eigenvalue weighted by molar-refractivity contribution is 6.27. The van der Waals surface area contributed by atoms with Gasteiger partial charge in [0, 0.05) is 23.4 Å². The van der Waals surface area contributed by atoms with Gasteiger partial charge in [0.25, 0.3) is 0 Å². The van der Waals surface area contributed by atoms with Crippen LogP contribution in [0.15, 0.2) is 65.9 Å². The summed E-state index contributed by atoms with van der Waals surface area (Å²) in [6.07, 6.45) is 0.868. The lowest BCUT2D eigenvalue weighted by molar-refractivity contribution is -0.133. The quantitative estimate of drug-likeness (QED) is 0.825. The van der Waals surface area contributed by atoms with Gasteiger partial charge in [0.1, 0.15) is 0 Å². The van der Waals surface area contributed by atoms with Crippen molar-refractivity contribution in [2.24, 2.45) is 5.41 Å². The minimum absolute atomic E-state index is 0.154. The summed E-state index contributed by atoms with van der Waals surface area (Å²) >= 11 is 0. The maximum absolute atomic E-state index is 13.4. The van der Waals surface area contributed by atoms with Crippen LogP contribution in [-0.4, -0.2) is 16.7 Å². The predicted molar refractivity (Wildman–Crippen MR) is 104 cm³/mol. The van der Waals surface area contributed by atoms with Crippen molar-refractivity contribution in [1.29, 1.82) is 0 Å². The van der Waals surface area contributed by atoms with Crippen LogP contribution in [0, 0.1) is 12.3 Å². The Bertz CT molecular complexity index is 957. The number of nitrogens with zero attached hydrogens (tertiary/aromatic N) is 1. The van der Waals surface area contributed by atoms with Crippen molar-refractivity contribution in [2.45, 2.75) is 39.3 Å². The molecule has 1 N–H and O–H groups in total. The molecule has 4 nitrogen and oxygen atoms in total. The van der Waals surface area contributed by atoms with Crippen molar-refractivity contribution in [1.82, 2.24) is 0 Å². The van der Waals surface area contributed by atoms with Crippen molar-refractivity contribution in [2.75, 3.05) is 4.90 Å². The fourth-order valence-electron chi connectivity index (χ4n) is 4.17. The van der Waals surface area contributed by atoms with Crippen molar-refractivity contribution in [3.63, 3.8) is 0 Å². The van der Waals surface area contributed by atoms with Crippen LogP contribution in [-0.2, 0) is 15.3 Å². The molecule has 0 bridgehead atoms. The summed E-state index contributed by atoms with van der Waals surface area (Å²) in [4.78, 5) is 27.9. The number of benzene rings is 2. The summed E-state index contributed by atoms with van der Waals surface area (Å²) in [5.41, 5.74) is 0.814. The Morgan fingerprint density at radius 2 is 1.56 bits per heavy atom. The smallest absolute Gasteiger partial charge is 0.234 e. The average Bonchev–Trinajstić information content (AvgIpc) is 2.83. The SMILES string of the molecule is Cc1ccc(C2(O)C(=O)C3=C(CC(C)(C)CC3=O)N2c2ccccc2)cc1. The van der Waals surface area contributed by atoms with E-state index in [2.05, 4.69) is 0 Å². The molecule has 0 aromatic heterocycles. The van der Waals surface area contributed by atoms with Gasteiger partial charge in [-0.2, -0.15) is 0 Å². The Morgan fingerprint density at radius 1 is 0.926 bits per heavy atom. The molecule has 4 rings (SSSR count). The third-order valence-electron chi connectivity index (χ3n) is 5.46. The molecule has 0 saturated heterocycles. The number of aryl methyl sites for hydroxylation is 1. The lowest BCUT2D eigenvalue weighted by Crippen LogP contribution is -2.47. The average molecular weight is 361 g/mol. The molecule has 0 amide bonds. The number of para-hydroxylation sites is 1. The van der Waals surface area contributed by atoms with Gasteiger partial charge in [-0.25, -0.2) is 0 Å². The van der Waals surface area contributed by atoms with Crippen molar-refractivity contribution >= 4 is 17.3 Å². The molecule has 0 saturated carbocycles. The summed E-state index contributed by atoms with van der Waals surface area (Å²) in [6.45, 7) is 5.99. The Hall–Kier alpha value is -2.72. The first-order valence-corrected chi connectivity index (χ1v) is 9.20. The maximum Gasteiger partial charge on any atom is 0.234 e. The van der Waals surface area contributed by atoms with Crippen LogP contribution in [0.3, 0.4) is 0 Å². The minimum Gasteiger partial charge on any atom is -0.360 e. The molecule has 138 valence electrons. The molecule has 0 fully saturated rings. The van der Waals surface area contributed by atoms with Gasteiger partial charge < -0.3 is 10.0 Å². The monoisotopic (exact) mass is 361 g/mol. The van der Waals surface area contributed by atoms with Gasteiger partial charge in [0.05, 0.1) is 5.57 Å². The van der Waals surface area contributed by atoms with Gasteiger partial charge in [-0.3, -0.25) is 9.59 Å². The zero-order valence-corrected chi connectivity index (χ0v) is 15.8. The van der Waals surface area contributed by atoms with E-state index in [1.807, 2.05) is 63.2 Å². The van der Waals surface area contributed by atoms with E-state index in [4.69, 9.17) is 0 Å². The second kappa shape index (κ2) is 5.89. The van der Waals surface area contributed by atoms with Crippen LogP contribution in [0.1, 0.15) is 37.8 Å². The molecule has 4 heteroatoms. The lowest BCUT2D eigenvalue weighted by atomic mass is 9.75. The van der Waals surface area contributed by atoms with E-state index in [1.54, 1.807) is 17.0 Å². The molecule has 1 atom stereocenters. The molecule has 1 aliphatic heterocycles. The van der Waals surface area contributed by atoms with E-state index in [1.165, 1.54) is 0 Å². The topological polar surface area (TPSA) is 57.6 Å². The van der Waals surface area contributed by atoms with Crippen molar-refractivity contribution in [3.05, 3.63) is 77.0 Å². The zero-order chi connectivity index (χ0) is 19.4. The first-order valence-electron chi connectivity index (χ1n) is 9.20. The normalized spacial score (nSPS) is 24.4. The second-order valence-electron chi connectivity index (χ2n) is 8.30. The molecule has 2 aliphatic rings. The Labute approximate surface area is 159 Å². The first kappa shape index (κ1) is 17.7. The predicted octanol–water partition coefficient (Wildman–Crippen LogP) is 3.87. The number of hydrogen-bond acceptors (Lipinski definition) is 4. The van der Waals surface area contributed by atoms with Crippen LogP contribution in [0.25, 0.3) is 0 Å². The molecule has 0 radical (unpaired) electrons. The van der Waals surface area contributed by atoms with Crippen molar-refractivity contribution in [3.8, 4) is 0 Å². The third kappa shape index (κ3) is 2.63. The molecule has 2 aromatic rings. The van der Waals surface area contributed by atoms with Crippen LogP contribution in [0.5, 0.6) is 0 Å². The van der Waals surface area contributed by atoms with E-state index < -0.39 is 11.5 Å². The first-order chi connectivity index (χ1) is 12.7. The molecule has 0 spiro atoms. The highest BCUT2D eigenvalue weighted by atomic mass is 16.3. The van der Waals surface area contributed by atoms with Crippen LogP contribution < -0.4 is 4.90 Å². The molecule has 27 heavy (non-hydrogen) atoms. The highest BCUT2D eigenvalue weighted by Crippen LogP contribution is 2.50. The number of rotatable bonds is 2. The summed E-state index contributed by atoms with van der Waals surface area (Å²) in [5.74, 6) is -0.707. The van der Waals surface area contributed by atoms with E-state index in [0.29, 0.717) is 29.8 Å². The maximum atomic E-state index is 13.4. The molecule has 2 aromatic carbocycles. The standard InChI is InChI=1S/C23H23NO3/c1-15-9-11-16(12-10-15)23(27)21(26)20-18(13-22(2,3)14-19(20)25)24(23)17-7-5-4-6-8-17/h4-12,27H,13-14H2,1-3H3. The summed E-state index contributed by atoms with van der Waals surface area (Å²) in [5, 5.41) is 11.7. The zero-order valence-electron chi connectivity index (χ0n) is 15.8. The van der Waals surface area contributed by atoms with Crippen LogP contribution in [0.4, 0.5) is 5.69 Å². The Kier molecular flexibility index (Phi) is 3.86. The number of anilines is 1. The van der Waals surface area contributed by atoms with Gasteiger partial charge in [-0.05, 0) is 30.9 Å². The number of allylic oxidation sites excluding steroid dienone is 1. The van der Waals surface area contributed by atoms with Gasteiger partial charge in [-0.1, -0.05) is 61.9 Å². The second-order valence-corrected chi connectivity index (χ2v) is 8.30. The van der Waals surface area contributed by atoms with E-state index in [-0.39, 0.29) is 16.8 Å². The summed E-state index contributed by atoms with van der Waals surface area (Å²) in [6, 6.07) is 16.6. The molecule has 1 unspecified atom stereocenters. The van der Waals surface area contributed by atoms with Crippen molar-refractivity contribution < 1.29 is 14.7 Å². The van der Waals surface area contributed by atoms with Crippen LogP contribution >= 0.6 is 0 Å². The van der Waals surface area contributed by atoms with E-state index >= 15 is 0 Å². The van der Waals surface area contributed by atoms with Gasteiger partial charge in [-0.15, -0.1) is 0 Å². The number of Topliss-reactive ketones (excluding diaryl/α,β-unsaturated/α-hetero) is 2. The fraction of sp³-hybridized carbons (Fsp3) is 0.304. The Morgan fingerprint density at radius 3 is 2.19 bits per heavy atom. The molecular weight excluding hydrogens is 338 g/mol. The number of carbonyl (C=O) groups is 2. The number of aliphatic hydroxyl groups is 1. The van der Waals surface area contributed by atoms with Gasteiger partial charge >= 0.3 is 0 Å². The highest BCUT2D eigenvalue weighted by Gasteiger charge is 2.57. The van der Waals surface area contributed by atoms with Gasteiger partial charge in [0.15, 0.2) is 5.78 Å². The molecule has 1 aliphatic carbocycles. The number of ketones is 2. The minimum atomic E-state index is -1.91. The van der Waals surface area contributed by atoms with E-state index in [9.17, 15) is 14.7 Å². The summed E-state index contributed by atoms with van der Waals surface area (Å²) in [7, 11) is 0. The summed E-state index contributed by atoms with van der Waals surface area (Å²) < 4.78 is 0. The largest absolute Gasteiger partial charge is 0.360 e. The lowest BCUT2D eigenvalue weighted by Gasteiger charge is -2.38. The fourth-order valence-corrected chi connectivity index (χ4v) is 4.17. The number of carbonyl (C=O) groups excluding carboxylic acids is 2. The Balaban J connectivity index is 1.96. The van der Waals surface area contributed by atoms with E-state index in [0.717, 1.165) is 5.56 Å². The number of hydrogen-bond donors (Lipinski definition) is 1.